The highest BCUT2D eigenvalue weighted by molar-refractivity contribution is 7.07. The molecule has 0 fully saturated rings. The van der Waals surface area contributed by atoms with E-state index in [0.29, 0.717) is 24.5 Å². The molecule has 1 unspecified atom stereocenters. The summed E-state index contributed by atoms with van der Waals surface area (Å²) in [6.07, 6.45) is 0. The molecule has 2 N–H and O–H groups in total. The quantitative estimate of drug-likeness (QED) is 0.812. The fourth-order valence-electron chi connectivity index (χ4n) is 1.87. The normalized spacial score (nSPS) is 11.6. The van der Waals surface area contributed by atoms with E-state index in [1.807, 2.05) is 12.3 Å². The van der Waals surface area contributed by atoms with Crippen molar-refractivity contribution in [2.75, 3.05) is 6.54 Å². The van der Waals surface area contributed by atoms with Crippen LogP contribution in [0, 0.1) is 0 Å². The van der Waals surface area contributed by atoms with Crippen LogP contribution in [0.3, 0.4) is 0 Å². The third-order valence-corrected chi connectivity index (χ3v) is 3.69. The van der Waals surface area contributed by atoms with E-state index in [1.54, 1.807) is 36.7 Å². The minimum atomic E-state index is -0.595. The maximum absolute atomic E-state index is 12.2. The number of nitrogens with zero attached hydrogens (tertiary/aromatic N) is 1. The number of benzene rings is 1. The van der Waals surface area contributed by atoms with Crippen molar-refractivity contribution >= 4 is 23.2 Å². The Morgan fingerprint density at radius 3 is 2.91 bits per heavy atom. The van der Waals surface area contributed by atoms with Crippen LogP contribution in [0.4, 0.5) is 0 Å². The molecule has 0 aliphatic heterocycles. The van der Waals surface area contributed by atoms with E-state index in [9.17, 15) is 9.59 Å². The van der Waals surface area contributed by atoms with Crippen LogP contribution >= 0.6 is 11.3 Å². The van der Waals surface area contributed by atoms with Crippen molar-refractivity contribution < 1.29 is 14.3 Å². The van der Waals surface area contributed by atoms with Gasteiger partial charge in [-0.05, 0) is 32.0 Å². The first-order chi connectivity index (χ1) is 11.1. The summed E-state index contributed by atoms with van der Waals surface area (Å²) in [5.41, 5.74) is 3.03. The van der Waals surface area contributed by atoms with Crippen LogP contribution < -0.4 is 15.4 Å². The lowest BCUT2D eigenvalue weighted by atomic mass is 10.2. The fraction of sp³-hybridized carbons (Fsp3) is 0.312. The molecule has 0 saturated carbocycles. The third kappa shape index (κ3) is 5.07. The molecular weight excluding hydrogens is 314 g/mol. The van der Waals surface area contributed by atoms with E-state index in [1.165, 1.54) is 11.3 Å². The van der Waals surface area contributed by atoms with Crippen LogP contribution in [-0.2, 0) is 11.4 Å². The molecule has 0 aliphatic rings. The Kier molecular flexibility index (Phi) is 6.10. The van der Waals surface area contributed by atoms with E-state index in [0.717, 1.165) is 5.69 Å². The number of nitrogens with one attached hydrogen (secondary N) is 2. The number of aromatic nitrogens is 1. The van der Waals surface area contributed by atoms with Gasteiger partial charge in [0.05, 0.1) is 11.2 Å². The molecular formula is C16H19N3O3S. The number of hydrogen-bond acceptors (Lipinski definition) is 5. The van der Waals surface area contributed by atoms with Crippen LogP contribution in [0.5, 0.6) is 5.75 Å². The zero-order valence-corrected chi connectivity index (χ0v) is 13.9. The van der Waals surface area contributed by atoms with Gasteiger partial charge in [0.15, 0.2) is 0 Å². The molecule has 6 nitrogen and oxygen atoms in total. The van der Waals surface area contributed by atoms with E-state index in [4.69, 9.17) is 4.74 Å². The zero-order chi connectivity index (χ0) is 16.7. The lowest BCUT2D eigenvalue weighted by Crippen LogP contribution is -2.44. The molecule has 0 radical (unpaired) electrons. The highest BCUT2D eigenvalue weighted by atomic mass is 32.1. The summed E-state index contributed by atoms with van der Waals surface area (Å²) in [6, 6.07) is 6.24. The van der Waals surface area contributed by atoms with Crippen molar-refractivity contribution in [3.63, 3.8) is 0 Å². The summed E-state index contributed by atoms with van der Waals surface area (Å²) in [4.78, 5) is 28.0. The van der Waals surface area contributed by atoms with Crippen LogP contribution in [0.1, 0.15) is 29.9 Å². The number of rotatable bonds is 7. The van der Waals surface area contributed by atoms with Crippen LogP contribution in [0.2, 0.25) is 0 Å². The first kappa shape index (κ1) is 17.0. The van der Waals surface area contributed by atoms with Gasteiger partial charge in [-0.15, -0.1) is 11.3 Å². The second-order valence-electron chi connectivity index (χ2n) is 4.89. The molecule has 1 aromatic heterocycles. The summed E-state index contributed by atoms with van der Waals surface area (Å²) in [5.74, 6) is 0.0518. The number of carbonyl (C=O) groups is 2. The largest absolute Gasteiger partial charge is 0.487 e. The van der Waals surface area contributed by atoms with E-state index >= 15 is 0 Å². The molecule has 2 rings (SSSR count). The van der Waals surface area contributed by atoms with Gasteiger partial charge in [-0.25, -0.2) is 4.98 Å². The lowest BCUT2D eigenvalue weighted by molar-refractivity contribution is -0.122. The Bertz CT molecular complexity index is 658. The minimum Gasteiger partial charge on any atom is -0.487 e. The average molecular weight is 333 g/mol. The Hall–Kier alpha value is -2.41. The Balaban J connectivity index is 1.95. The fourth-order valence-corrected chi connectivity index (χ4v) is 2.41. The number of ether oxygens (including phenoxy) is 1. The van der Waals surface area contributed by atoms with E-state index < -0.39 is 6.04 Å². The second kappa shape index (κ2) is 8.28. The molecule has 0 bridgehead atoms. The van der Waals surface area contributed by atoms with Crippen LogP contribution in [0.15, 0.2) is 35.2 Å². The Morgan fingerprint density at radius 1 is 1.39 bits per heavy atom. The van der Waals surface area contributed by atoms with Crippen LogP contribution in [0.25, 0.3) is 0 Å². The standard InChI is InChI=1S/C16H19N3O3S/c1-3-17-15(20)11(2)19-16(21)12-5-4-6-14(7-12)22-8-13-9-23-10-18-13/h4-7,9-11H,3,8H2,1-2H3,(H,17,20)(H,19,21). The second-order valence-corrected chi connectivity index (χ2v) is 5.60. The van der Waals surface area contributed by atoms with Crippen molar-refractivity contribution in [1.29, 1.82) is 0 Å². The van der Waals surface area contributed by atoms with Gasteiger partial charge >= 0.3 is 0 Å². The zero-order valence-electron chi connectivity index (χ0n) is 13.0. The van der Waals surface area contributed by atoms with Gasteiger partial charge in [-0.2, -0.15) is 0 Å². The average Bonchev–Trinajstić information content (AvgIpc) is 3.07. The van der Waals surface area contributed by atoms with Gasteiger partial charge in [-0.1, -0.05) is 6.07 Å². The molecule has 0 spiro atoms. The number of amides is 2. The molecule has 122 valence electrons. The predicted octanol–water partition coefficient (Wildman–Crippen LogP) is 1.98. The van der Waals surface area contributed by atoms with E-state index in [2.05, 4.69) is 15.6 Å². The number of thiazole rings is 1. The van der Waals surface area contributed by atoms with Crippen molar-refractivity contribution in [1.82, 2.24) is 15.6 Å². The molecule has 0 aliphatic carbocycles. The minimum absolute atomic E-state index is 0.211. The lowest BCUT2D eigenvalue weighted by Gasteiger charge is -2.13. The van der Waals surface area contributed by atoms with Crippen molar-refractivity contribution in [2.45, 2.75) is 26.5 Å². The molecule has 7 heteroatoms. The van der Waals surface area contributed by atoms with Crippen molar-refractivity contribution in [3.8, 4) is 5.75 Å². The maximum Gasteiger partial charge on any atom is 0.252 e. The number of hydrogen-bond donors (Lipinski definition) is 2. The Labute approximate surface area is 138 Å². The molecule has 1 atom stereocenters. The summed E-state index contributed by atoms with van der Waals surface area (Å²) >= 11 is 1.50. The summed E-state index contributed by atoms with van der Waals surface area (Å²) in [5, 5.41) is 7.23. The van der Waals surface area contributed by atoms with Gasteiger partial charge in [0, 0.05) is 17.5 Å². The van der Waals surface area contributed by atoms with Gasteiger partial charge in [0.25, 0.3) is 5.91 Å². The first-order valence-electron chi connectivity index (χ1n) is 7.28. The van der Waals surface area contributed by atoms with Gasteiger partial charge in [0.2, 0.25) is 5.91 Å². The molecule has 1 aromatic carbocycles. The van der Waals surface area contributed by atoms with Gasteiger partial charge < -0.3 is 15.4 Å². The number of likely N-dealkylation sites (N-methyl/N-ethyl adjacent to an activating group) is 1. The summed E-state index contributed by atoms with van der Waals surface area (Å²) in [6.45, 7) is 4.35. The maximum atomic E-state index is 12.2. The molecule has 23 heavy (non-hydrogen) atoms. The van der Waals surface area contributed by atoms with Gasteiger partial charge in [-0.3, -0.25) is 9.59 Å². The monoisotopic (exact) mass is 333 g/mol. The molecule has 2 aromatic rings. The van der Waals surface area contributed by atoms with Gasteiger partial charge in [0.1, 0.15) is 18.4 Å². The molecule has 1 heterocycles. The predicted molar refractivity (Wildman–Crippen MR) is 88.5 cm³/mol. The van der Waals surface area contributed by atoms with Crippen molar-refractivity contribution in [3.05, 3.63) is 46.4 Å². The highest BCUT2D eigenvalue weighted by Crippen LogP contribution is 2.15. The first-order valence-corrected chi connectivity index (χ1v) is 8.23. The Morgan fingerprint density at radius 2 is 2.22 bits per heavy atom. The summed E-state index contributed by atoms with van der Waals surface area (Å²) < 4.78 is 5.62. The highest BCUT2D eigenvalue weighted by Gasteiger charge is 2.16. The smallest absolute Gasteiger partial charge is 0.252 e. The topological polar surface area (TPSA) is 80.3 Å². The van der Waals surface area contributed by atoms with Crippen LogP contribution in [-0.4, -0.2) is 29.4 Å². The van der Waals surface area contributed by atoms with E-state index in [-0.39, 0.29) is 11.8 Å². The molecule has 2 amide bonds. The SMILES string of the molecule is CCNC(=O)C(C)NC(=O)c1cccc(OCc2cscn2)c1. The molecule has 0 saturated heterocycles. The number of carbonyl (C=O) groups excluding carboxylic acids is 2. The summed E-state index contributed by atoms with van der Waals surface area (Å²) in [7, 11) is 0. The van der Waals surface area contributed by atoms with Crippen molar-refractivity contribution in [2.24, 2.45) is 0 Å². The third-order valence-electron chi connectivity index (χ3n) is 3.06.